The minimum atomic E-state index is -0.495. The van der Waals surface area contributed by atoms with Gasteiger partial charge in [-0.25, -0.2) is 10.2 Å². The minimum absolute atomic E-state index is 0.258. The topological polar surface area (TPSA) is 106 Å². The molecule has 0 spiro atoms. The van der Waals surface area contributed by atoms with E-state index in [-0.39, 0.29) is 17.2 Å². The minimum Gasteiger partial charge on any atom is -0.490 e. The molecule has 0 aromatic heterocycles. The van der Waals surface area contributed by atoms with Gasteiger partial charge in [0.2, 0.25) is 0 Å². The number of nitrogens with zero attached hydrogens (tertiary/aromatic N) is 1. The van der Waals surface area contributed by atoms with E-state index < -0.39 is 11.9 Å². The molecule has 40 heavy (non-hydrogen) atoms. The summed E-state index contributed by atoms with van der Waals surface area (Å²) in [5.74, 6) is -0.675. The predicted molar refractivity (Wildman–Crippen MR) is 154 cm³/mol. The van der Waals surface area contributed by atoms with Gasteiger partial charge in [0.15, 0.2) is 11.5 Å². The number of amides is 2. The van der Waals surface area contributed by atoms with Crippen LogP contribution in [0.25, 0.3) is 0 Å². The van der Waals surface area contributed by atoms with Crippen LogP contribution < -0.4 is 20.2 Å². The SMILES string of the molecule is CCOc1cc(/C=N\NC(=O)c2ccccc2NC(=O)c2cccc(C)c2)ccc1OC(=O)c1cccc(C)c1. The summed E-state index contributed by atoms with van der Waals surface area (Å²) in [4.78, 5) is 38.2. The highest BCUT2D eigenvalue weighted by atomic mass is 16.6. The van der Waals surface area contributed by atoms with Crippen LogP contribution in [-0.2, 0) is 0 Å². The third-order valence-corrected chi connectivity index (χ3v) is 5.80. The van der Waals surface area contributed by atoms with Gasteiger partial charge < -0.3 is 14.8 Å². The first kappa shape index (κ1) is 27.8. The Kier molecular flexibility index (Phi) is 9.04. The van der Waals surface area contributed by atoms with Crippen LogP contribution in [0.15, 0.2) is 96.1 Å². The van der Waals surface area contributed by atoms with Crippen LogP contribution in [0, 0.1) is 13.8 Å². The molecule has 0 aliphatic heterocycles. The Bertz CT molecular complexity index is 1580. The van der Waals surface area contributed by atoms with Crippen molar-refractivity contribution < 1.29 is 23.9 Å². The summed E-state index contributed by atoms with van der Waals surface area (Å²) in [7, 11) is 0. The Balaban J connectivity index is 1.44. The van der Waals surface area contributed by atoms with Gasteiger partial charge in [0.1, 0.15) is 0 Å². The molecule has 4 aromatic rings. The monoisotopic (exact) mass is 535 g/mol. The van der Waals surface area contributed by atoms with Gasteiger partial charge in [-0.1, -0.05) is 47.5 Å². The number of carbonyl (C=O) groups excluding carboxylic acids is 3. The van der Waals surface area contributed by atoms with Crippen molar-refractivity contribution in [3.8, 4) is 11.5 Å². The van der Waals surface area contributed by atoms with E-state index >= 15 is 0 Å². The van der Waals surface area contributed by atoms with Gasteiger partial charge in [0.25, 0.3) is 11.8 Å². The number of anilines is 1. The van der Waals surface area contributed by atoms with Gasteiger partial charge >= 0.3 is 5.97 Å². The molecule has 2 amide bonds. The second kappa shape index (κ2) is 13.0. The van der Waals surface area contributed by atoms with E-state index in [1.807, 2.05) is 32.9 Å². The van der Waals surface area contributed by atoms with Crippen LogP contribution in [0.2, 0.25) is 0 Å². The first-order valence-electron chi connectivity index (χ1n) is 12.7. The highest BCUT2D eigenvalue weighted by molar-refractivity contribution is 6.09. The molecule has 0 heterocycles. The van der Waals surface area contributed by atoms with Crippen molar-refractivity contribution in [1.82, 2.24) is 5.43 Å². The number of para-hydroxylation sites is 1. The molecule has 4 aromatic carbocycles. The standard InChI is InChI=1S/C32H29N3O5/c1-4-39-29-19-23(15-16-28(29)40-32(38)25-12-8-10-22(3)18-25)20-33-35-31(37)26-13-5-6-14-27(26)34-30(36)24-11-7-9-21(2)17-24/h5-20H,4H2,1-3H3,(H,34,36)(H,35,37)/b33-20-. The van der Waals surface area contributed by atoms with Gasteiger partial charge in [-0.15, -0.1) is 0 Å². The fraction of sp³-hybridized carbons (Fsp3) is 0.125. The Labute approximate surface area is 232 Å². The summed E-state index contributed by atoms with van der Waals surface area (Å²) < 4.78 is 11.2. The highest BCUT2D eigenvalue weighted by Gasteiger charge is 2.15. The average molecular weight is 536 g/mol. The van der Waals surface area contributed by atoms with Crippen molar-refractivity contribution in [2.24, 2.45) is 5.10 Å². The van der Waals surface area contributed by atoms with Crippen LogP contribution in [0.1, 0.15) is 54.7 Å². The number of hydrogen-bond acceptors (Lipinski definition) is 6. The van der Waals surface area contributed by atoms with E-state index in [0.29, 0.717) is 34.7 Å². The Hall–Kier alpha value is -5.24. The van der Waals surface area contributed by atoms with Crippen LogP contribution in [-0.4, -0.2) is 30.6 Å². The van der Waals surface area contributed by atoms with Crippen molar-refractivity contribution in [1.29, 1.82) is 0 Å². The number of aryl methyl sites for hydroxylation is 2. The largest absolute Gasteiger partial charge is 0.490 e. The lowest BCUT2D eigenvalue weighted by molar-refractivity contribution is 0.0727. The van der Waals surface area contributed by atoms with Crippen molar-refractivity contribution in [3.63, 3.8) is 0 Å². The van der Waals surface area contributed by atoms with Gasteiger partial charge in [-0.05, 0) is 80.9 Å². The summed E-state index contributed by atoms with van der Waals surface area (Å²) in [6.45, 7) is 5.98. The van der Waals surface area contributed by atoms with Gasteiger partial charge in [0, 0.05) is 5.56 Å². The molecule has 0 unspecified atom stereocenters. The number of hydrazone groups is 1. The maximum absolute atomic E-state index is 12.9. The molecule has 0 radical (unpaired) electrons. The lowest BCUT2D eigenvalue weighted by Crippen LogP contribution is -2.21. The van der Waals surface area contributed by atoms with Gasteiger partial charge in [0.05, 0.1) is 29.6 Å². The molecule has 0 aliphatic rings. The van der Waals surface area contributed by atoms with E-state index in [1.165, 1.54) is 6.21 Å². The van der Waals surface area contributed by atoms with E-state index in [1.54, 1.807) is 78.9 Å². The van der Waals surface area contributed by atoms with Crippen LogP contribution in [0.5, 0.6) is 11.5 Å². The normalized spacial score (nSPS) is 10.7. The van der Waals surface area contributed by atoms with Crippen molar-refractivity contribution in [3.05, 3.63) is 124 Å². The summed E-state index contributed by atoms with van der Waals surface area (Å²) in [5, 5.41) is 6.85. The third-order valence-electron chi connectivity index (χ3n) is 5.80. The second-order valence-electron chi connectivity index (χ2n) is 8.97. The maximum atomic E-state index is 12.9. The molecule has 8 heteroatoms. The summed E-state index contributed by atoms with van der Waals surface area (Å²) in [5.41, 5.74) is 6.55. The fourth-order valence-corrected chi connectivity index (χ4v) is 3.88. The number of hydrogen-bond donors (Lipinski definition) is 2. The number of esters is 1. The molecular weight excluding hydrogens is 506 g/mol. The summed E-state index contributed by atoms with van der Waals surface area (Å²) in [6.07, 6.45) is 1.44. The molecule has 0 fully saturated rings. The van der Waals surface area contributed by atoms with E-state index in [9.17, 15) is 14.4 Å². The van der Waals surface area contributed by atoms with Crippen LogP contribution in [0.3, 0.4) is 0 Å². The average Bonchev–Trinajstić information content (AvgIpc) is 2.94. The first-order valence-corrected chi connectivity index (χ1v) is 12.7. The number of ether oxygens (including phenoxy) is 2. The smallest absolute Gasteiger partial charge is 0.343 e. The molecule has 0 saturated heterocycles. The molecule has 8 nitrogen and oxygen atoms in total. The van der Waals surface area contributed by atoms with E-state index in [2.05, 4.69) is 15.8 Å². The zero-order valence-corrected chi connectivity index (χ0v) is 22.4. The van der Waals surface area contributed by atoms with Crippen LogP contribution in [0.4, 0.5) is 5.69 Å². The molecule has 0 bridgehead atoms. The fourth-order valence-electron chi connectivity index (χ4n) is 3.88. The summed E-state index contributed by atoms with van der Waals surface area (Å²) >= 11 is 0. The lowest BCUT2D eigenvalue weighted by atomic mass is 10.1. The predicted octanol–water partition coefficient (Wildman–Crippen LogP) is 5.94. The Morgan fingerprint density at radius 1 is 0.775 bits per heavy atom. The first-order chi connectivity index (χ1) is 19.3. The van der Waals surface area contributed by atoms with Crippen molar-refractivity contribution >= 4 is 29.7 Å². The second-order valence-corrected chi connectivity index (χ2v) is 8.97. The Morgan fingerprint density at radius 3 is 2.20 bits per heavy atom. The molecule has 0 aliphatic carbocycles. The molecule has 0 saturated carbocycles. The van der Waals surface area contributed by atoms with E-state index in [0.717, 1.165) is 11.1 Å². The maximum Gasteiger partial charge on any atom is 0.343 e. The molecule has 0 atom stereocenters. The quantitative estimate of drug-likeness (QED) is 0.119. The number of rotatable bonds is 9. The zero-order valence-electron chi connectivity index (χ0n) is 22.4. The zero-order chi connectivity index (χ0) is 28.5. The molecule has 202 valence electrons. The van der Waals surface area contributed by atoms with Gasteiger partial charge in [-0.3, -0.25) is 9.59 Å². The number of benzene rings is 4. The third kappa shape index (κ3) is 7.20. The molecule has 4 rings (SSSR count). The van der Waals surface area contributed by atoms with Crippen LogP contribution >= 0.6 is 0 Å². The van der Waals surface area contributed by atoms with Crippen molar-refractivity contribution in [2.45, 2.75) is 20.8 Å². The van der Waals surface area contributed by atoms with Gasteiger partial charge in [-0.2, -0.15) is 5.10 Å². The molecule has 2 N–H and O–H groups in total. The number of carbonyl (C=O) groups is 3. The lowest BCUT2D eigenvalue weighted by Gasteiger charge is -2.12. The van der Waals surface area contributed by atoms with E-state index in [4.69, 9.17) is 9.47 Å². The highest BCUT2D eigenvalue weighted by Crippen LogP contribution is 2.29. The summed E-state index contributed by atoms with van der Waals surface area (Å²) in [6, 6.07) is 25.9. The molecular formula is C32H29N3O5. The number of nitrogens with one attached hydrogen (secondary N) is 2. The van der Waals surface area contributed by atoms with Crippen molar-refractivity contribution in [2.75, 3.05) is 11.9 Å². The Morgan fingerprint density at radius 2 is 1.48 bits per heavy atom.